The maximum absolute atomic E-state index is 2.52. The van der Waals surface area contributed by atoms with Gasteiger partial charge in [-0.1, -0.05) is 165 Å². The second kappa shape index (κ2) is 15.2. The summed E-state index contributed by atoms with van der Waals surface area (Å²) in [5, 5.41) is 8.01. The summed E-state index contributed by atoms with van der Waals surface area (Å²) in [7, 11) is 0. The molecule has 61 heavy (non-hydrogen) atoms. The van der Waals surface area contributed by atoms with E-state index in [1.807, 2.05) is 22.7 Å². The summed E-state index contributed by atoms with van der Waals surface area (Å²) in [5.74, 6) is 0.586. The van der Waals surface area contributed by atoms with Gasteiger partial charge in [0.15, 0.2) is 0 Å². The lowest BCUT2D eigenvalue weighted by Gasteiger charge is -2.30. The van der Waals surface area contributed by atoms with E-state index >= 15 is 0 Å². The Morgan fingerprint density at radius 2 is 0.967 bits per heavy atom. The van der Waals surface area contributed by atoms with Gasteiger partial charge in [0.2, 0.25) is 0 Å². The lowest BCUT2D eigenvalue weighted by molar-refractivity contribution is 0.445. The molecule has 292 valence electrons. The summed E-state index contributed by atoms with van der Waals surface area (Å²) in [6.07, 6.45) is 6.49. The van der Waals surface area contributed by atoms with Gasteiger partial charge in [-0.15, -0.1) is 22.7 Å². The summed E-state index contributed by atoms with van der Waals surface area (Å²) in [6, 6.07) is 72.7. The average Bonchev–Trinajstić information content (AvgIpc) is 3.91. The van der Waals surface area contributed by atoms with E-state index in [2.05, 4.69) is 199 Å². The Morgan fingerprint density at radius 1 is 0.393 bits per heavy atom. The molecule has 1 aliphatic carbocycles. The molecule has 0 amide bonds. The van der Waals surface area contributed by atoms with Crippen LogP contribution in [0.5, 0.6) is 0 Å². The van der Waals surface area contributed by atoms with Crippen molar-refractivity contribution in [2.45, 2.75) is 38.0 Å². The van der Waals surface area contributed by atoms with Crippen molar-refractivity contribution < 1.29 is 0 Å². The quantitative estimate of drug-likeness (QED) is 0.155. The molecule has 9 aromatic carbocycles. The Kier molecular flexibility index (Phi) is 9.05. The SMILES string of the molecule is c1cc(-c2cccc3c2sc2ccccc23)cc(N(c2cccc(-c3cccc4sc5ccccc5c34)c2)c2ccccc2-c2cccc3cccc(C4CCCCC4)c23)c1. The molecule has 2 aromatic heterocycles. The van der Waals surface area contributed by atoms with E-state index in [9.17, 15) is 0 Å². The van der Waals surface area contributed by atoms with Gasteiger partial charge >= 0.3 is 0 Å². The molecule has 0 unspecified atom stereocenters. The fraction of sp³-hybridized carbons (Fsp3) is 0.103. The molecule has 3 heteroatoms. The molecule has 1 nitrogen and oxygen atoms in total. The number of thiophene rings is 2. The van der Waals surface area contributed by atoms with Crippen LogP contribution in [0.1, 0.15) is 43.6 Å². The van der Waals surface area contributed by atoms with Crippen LogP contribution in [0.25, 0.3) is 84.5 Å². The maximum atomic E-state index is 2.52. The van der Waals surface area contributed by atoms with E-state index in [1.54, 1.807) is 0 Å². The van der Waals surface area contributed by atoms with Crippen molar-refractivity contribution in [1.29, 1.82) is 0 Å². The first-order valence-electron chi connectivity index (χ1n) is 21.7. The zero-order valence-electron chi connectivity index (χ0n) is 33.9. The molecular weight excluding hydrogens is 775 g/mol. The maximum Gasteiger partial charge on any atom is 0.0540 e. The average molecular weight is 818 g/mol. The van der Waals surface area contributed by atoms with E-state index in [1.165, 1.54) is 128 Å². The van der Waals surface area contributed by atoms with Crippen LogP contribution >= 0.6 is 22.7 Å². The number of nitrogens with zero attached hydrogens (tertiary/aromatic N) is 1. The highest BCUT2D eigenvalue weighted by Crippen LogP contribution is 2.48. The highest BCUT2D eigenvalue weighted by Gasteiger charge is 2.24. The Morgan fingerprint density at radius 3 is 1.79 bits per heavy atom. The van der Waals surface area contributed by atoms with Gasteiger partial charge in [0.1, 0.15) is 0 Å². The Labute approximate surface area is 364 Å². The third-order valence-corrected chi connectivity index (χ3v) is 15.4. The predicted octanol–water partition coefficient (Wildman–Crippen LogP) is 18.1. The molecule has 11 aromatic rings. The van der Waals surface area contributed by atoms with Gasteiger partial charge in [-0.05, 0) is 111 Å². The monoisotopic (exact) mass is 817 g/mol. The van der Waals surface area contributed by atoms with Gasteiger partial charge < -0.3 is 4.90 Å². The van der Waals surface area contributed by atoms with Gasteiger partial charge in [-0.3, -0.25) is 0 Å². The highest BCUT2D eigenvalue weighted by atomic mass is 32.1. The highest BCUT2D eigenvalue weighted by molar-refractivity contribution is 7.26. The van der Waals surface area contributed by atoms with Crippen molar-refractivity contribution in [3.05, 3.63) is 200 Å². The summed E-state index contributed by atoms with van der Waals surface area (Å²) in [6.45, 7) is 0. The van der Waals surface area contributed by atoms with Crippen LogP contribution < -0.4 is 4.90 Å². The van der Waals surface area contributed by atoms with E-state index in [0.717, 1.165) is 11.4 Å². The normalized spacial score (nSPS) is 13.5. The van der Waals surface area contributed by atoms with Crippen LogP contribution in [0.4, 0.5) is 17.1 Å². The first-order chi connectivity index (χ1) is 30.3. The summed E-state index contributed by atoms with van der Waals surface area (Å²) >= 11 is 3.77. The number of hydrogen-bond donors (Lipinski definition) is 0. The molecule has 0 N–H and O–H groups in total. The van der Waals surface area contributed by atoms with Crippen molar-refractivity contribution in [1.82, 2.24) is 0 Å². The molecule has 12 rings (SSSR count). The van der Waals surface area contributed by atoms with Crippen molar-refractivity contribution in [3.8, 4) is 33.4 Å². The molecule has 0 spiro atoms. The van der Waals surface area contributed by atoms with Crippen molar-refractivity contribution in [3.63, 3.8) is 0 Å². The smallest absolute Gasteiger partial charge is 0.0540 e. The lowest BCUT2D eigenvalue weighted by atomic mass is 9.80. The van der Waals surface area contributed by atoms with Gasteiger partial charge in [0, 0.05) is 57.3 Å². The molecule has 1 aliphatic rings. The van der Waals surface area contributed by atoms with Crippen LogP contribution in [-0.4, -0.2) is 0 Å². The van der Waals surface area contributed by atoms with Gasteiger partial charge in [0.25, 0.3) is 0 Å². The van der Waals surface area contributed by atoms with E-state index in [0.29, 0.717) is 5.92 Å². The molecule has 0 saturated heterocycles. The van der Waals surface area contributed by atoms with E-state index in [4.69, 9.17) is 0 Å². The Balaban J connectivity index is 1.09. The predicted molar refractivity (Wildman–Crippen MR) is 267 cm³/mol. The number of benzene rings is 9. The third-order valence-electron chi connectivity index (χ3n) is 13.1. The molecule has 0 atom stereocenters. The van der Waals surface area contributed by atoms with Crippen molar-refractivity contribution >= 4 is 90.9 Å². The molecule has 0 radical (unpaired) electrons. The molecular formula is C58H43NS2. The Bertz CT molecular complexity index is 3430. The van der Waals surface area contributed by atoms with Crippen LogP contribution in [0.15, 0.2) is 194 Å². The minimum Gasteiger partial charge on any atom is -0.310 e. The van der Waals surface area contributed by atoms with Gasteiger partial charge in [-0.2, -0.15) is 0 Å². The summed E-state index contributed by atoms with van der Waals surface area (Å²) < 4.78 is 5.30. The Hall–Kier alpha value is -6.52. The fourth-order valence-corrected chi connectivity index (χ4v) is 12.7. The van der Waals surface area contributed by atoms with Crippen molar-refractivity contribution in [2.24, 2.45) is 0 Å². The molecule has 0 aliphatic heterocycles. The third kappa shape index (κ3) is 6.26. The van der Waals surface area contributed by atoms with Crippen LogP contribution in [0.3, 0.4) is 0 Å². The second-order valence-corrected chi connectivity index (χ2v) is 18.7. The van der Waals surface area contributed by atoms with Crippen LogP contribution in [-0.2, 0) is 0 Å². The zero-order valence-corrected chi connectivity index (χ0v) is 35.5. The zero-order chi connectivity index (χ0) is 40.3. The first-order valence-corrected chi connectivity index (χ1v) is 23.3. The fourth-order valence-electron chi connectivity index (χ4n) is 10.3. The summed E-state index contributed by atoms with van der Waals surface area (Å²) in [5.41, 5.74) is 12.4. The van der Waals surface area contributed by atoms with E-state index < -0.39 is 0 Å². The molecule has 2 heterocycles. The molecule has 1 saturated carbocycles. The number of hydrogen-bond acceptors (Lipinski definition) is 3. The second-order valence-electron chi connectivity index (χ2n) is 16.6. The summed E-state index contributed by atoms with van der Waals surface area (Å²) in [4.78, 5) is 2.52. The number of rotatable bonds is 7. The van der Waals surface area contributed by atoms with Crippen molar-refractivity contribution in [2.75, 3.05) is 4.90 Å². The minimum absolute atomic E-state index is 0.586. The number of para-hydroxylation sites is 1. The standard InChI is InChI=1S/C58H43NS2/c1-2-16-38(17-3-1)44-27-12-18-39-19-13-30-49(56(39)44)47-24-4-7-32-52(47)59(42-22-10-20-40(36-42)45-28-15-35-55-57(45)51-26-6-9-34-54(51)60-55)43-23-11-21-41(37-43)46-29-14-31-50-48-25-5-8-33-53(48)61-58(46)50/h4-15,18-38H,1-3,16-17H2. The topological polar surface area (TPSA) is 3.24 Å². The lowest BCUT2D eigenvalue weighted by Crippen LogP contribution is -2.12. The largest absolute Gasteiger partial charge is 0.310 e. The van der Waals surface area contributed by atoms with Crippen LogP contribution in [0, 0.1) is 0 Å². The molecule has 1 fully saturated rings. The first kappa shape index (κ1) is 36.3. The van der Waals surface area contributed by atoms with Gasteiger partial charge in [-0.25, -0.2) is 0 Å². The number of fused-ring (bicyclic) bond motifs is 7. The van der Waals surface area contributed by atoms with E-state index in [-0.39, 0.29) is 0 Å². The minimum atomic E-state index is 0.586. The van der Waals surface area contributed by atoms with Crippen LogP contribution in [0.2, 0.25) is 0 Å². The molecule has 0 bridgehead atoms. The van der Waals surface area contributed by atoms with Gasteiger partial charge in [0.05, 0.1) is 5.69 Å². The number of anilines is 3.